The minimum atomic E-state index is 0.606. The number of rotatable bonds is 1. The molecule has 9 heavy (non-hydrogen) atoms. The Morgan fingerprint density at radius 2 is 2.22 bits per heavy atom. The molecule has 52 valence electrons. The third kappa shape index (κ3) is 1.07. The van der Waals surface area contributed by atoms with Gasteiger partial charge in [0.15, 0.2) is 0 Å². The number of hydrazone groups is 1. The van der Waals surface area contributed by atoms with E-state index in [2.05, 4.69) is 30.9 Å². The van der Waals surface area contributed by atoms with E-state index in [4.69, 9.17) is 0 Å². The third-order valence-corrected chi connectivity index (χ3v) is 2.01. The summed E-state index contributed by atoms with van der Waals surface area (Å²) in [6, 6.07) is 0.606. The highest BCUT2D eigenvalue weighted by atomic mass is 15.5. The Morgan fingerprint density at radius 1 is 1.56 bits per heavy atom. The molecule has 0 aliphatic carbocycles. The van der Waals surface area contributed by atoms with Gasteiger partial charge in [0.1, 0.15) is 0 Å². The van der Waals surface area contributed by atoms with Crippen molar-refractivity contribution in [3.05, 3.63) is 0 Å². The van der Waals surface area contributed by atoms with E-state index >= 15 is 0 Å². The first-order valence-corrected chi connectivity index (χ1v) is 3.56. The molecule has 1 aliphatic rings. The summed E-state index contributed by atoms with van der Waals surface area (Å²) in [6.07, 6.45) is 2.02. The van der Waals surface area contributed by atoms with Crippen molar-refractivity contribution in [1.82, 2.24) is 5.01 Å². The van der Waals surface area contributed by atoms with Crippen LogP contribution in [-0.2, 0) is 0 Å². The molecule has 0 fully saturated rings. The summed E-state index contributed by atoms with van der Waals surface area (Å²) < 4.78 is 0. The first-order valence-electron chi connectivity index (χ1n) is 3.56. The molecule has 0 amide bonds. The fourth-order valence-corrected chi connectivity index (χ4v) is 1.06. The SMILES string of the molecule is CCN1N=CC(C)C1C. The van der Waals surface area contributed by atoms with Gasteiger partial charge >= 0.3 is 0 Å². The van der Waals surface area contributed by atoms with Gasteiger partial charge in [0.2, 0.25) is 0 Å². The lowest BCUT2D eigenvalue weighted by atomic mass is 10.1. The van der Waals surface area contributed by atoms with E-state index in [1.807, 2.05) is 6.21 Å². The van der Waals surface area contributed by atoms with Crippen LogP contribution in [0.5, 0.6) is 0 Å². The molecule has 1 heterocycles. The second-order valence-electron chi connectivity index (χ2n) is 2.62. The van der Waals surface area contributed by atoms with E-state index in [-0.39, 0.29) is 0 Å². The van der Waals surface area contributed by atoms with Crippen LogP contribution in [0.3, 0.4) is 0 Å². The molecule has 0 saturated carbocycles. The van der Waals surface area contributed by atoms with E-state index in [1.165, 1.54) is 0 Å². The number of hydrogen-bond donors (Lipinski definition) is 0. The molecular formula is C7H14N2. The minimum Gasteiger partial charge on any atom is -0.294 e. The molecule has 0 spiro atoms. The van der Waals surface area contributed by atoms with Gasteiger partial charge in [-0.3, -0.25) is 5.01 Å². The van der Waals surface area contributed by atoms with Crippen molar-refractivity contribution >= 4 is 6.21 Å². The zero-order chi connectivity index (χ0) is 6.85. The second-order valence-corrected chi connectivity index (χ2v) is 2.62. The molecule has 0 bridgehead atoms. The highest BCUT2D eigenvalue weighted by Crippen LogP contribution is 2.14. The summed E-state index contributed by atoms with van der Waals surface area (Å²) in [5.74, 6) is 0.630. The lowest BCUT2D eigenvalue weighted by molar-refractivity contribution is 0.233. The fourth-order valence-electron chi connectivity index (χ4n) is 1.06. The molecule has 0 radical (unpaired) electrons. The molecule has 0 aromatic heterocycles. The number of hydrogen-bond acceptors (Lipinski definition) is 2. The van der Waals surface area contributed by atoms with Crippen molar-refractivity contribution in [3.8, 4) is 0 Å². The van der Waals surface area contributed by atoms with Crippen LogP contribution in [-0.4, -0.2) is 23.8 Å². The van der Waals surface area contributed by atoms with Gasteiger partial charge in [-0.15, -0.1) is 0 Å². The second kappa shape index (κ2) is 2.38. The molecule has 2 atom stereocenters. The molecular weight excluding hydrogens is 112 g/mol. The van der Waals surface area contributed by atoms with E-state index in [1.54, 1.807) is 0 Å². The first kappa shape index (κ1) is 6.59. The minimum absolute atomic E-state index is 0.606. The zero-order valence-electron chi connectivity index (χ0n) is 6.33. The van der Waals surface area contributed by atoms with Crippen molar-refractivity contribution in [1.29, 1.82) is 0 Å². The molecule has 2 nitrogen and oxygen atoms in total. The van der Waals surface area contributed by atoms with Gasteiger partial charge in [0, 0.05) is 18.7 Å². The number of nitrogens with zero attached hydrogens (tertiary/aromatic N) is 2. The van der Waals surface area contributed by atoms with Crippen molar-refractivity contribution < 1.29 is 0 Å². The molecule has 0 saturated heterocycles. The van der Waals surface area contributed by atoms with Crippen molar-refractivity contribution in [2.75, 3.05) is 6.54 Å². The largest absolute Gasteiger partial charge is 0.294 e. The maximum atomic E-state index is 4.22. The summed E-state index contributed by atoms with van der Waals surface area (Å²) in [6.45, 7) is 7.57. The third-order valence-electron chi connectivity index (χ3n) is 2.01. The van der Waals surface area contributed by atoms with Crippen LogP contribution < -0.4 is 0 Å². The smallest absolute Gasteiger partial charge is 0.0517 e. The normalized spacial score (nSPS) is 33.9. The predicted molar refractivity (Wildman–Crippen MR) is 39.5 cm³/mol. The van der Waals surface area contributed by atoms with Crippen molar-refractivity contribution in [3.63, 3.8) is 0 Å². The zero-order valence-corrected chi connectivity index (χ0v) is 6.33. The Morgan fingerprint density at radius 3 is 2.44 bits per heavy atom. The summed E-state index contributed by atoms with van der Waals surface area (Å²) >= 11 is 0. The van der Waals surface area contributed by atoms with Crippen LogP contribution >= 0.6 is 0 Å². The van der Waals surface area contributed by atoms with Crippen LogP contribution in [0.1, 0.15) is 20.8 Å². The van der Waals surface area contributed by atoms with E-state index < -0.39 is 0 Å². The van der Waals surface area contributed by atoms with Gasteiger partial charge in [-0.05, 0) is 13.8 Å². The molecule has 0 aromatic rings. The Kier molecular flexibility index (Phi) is 1.74. The summed E-state index contributed by atoms with van der Waals surface area (Å²) in [5, 5.41) is 6.34. The maximum absolute atomic E-state index is 4.22. The average Bonchev–Trinajstić information content (AvgIpc) is 2.15. The van der Waals surface area contributed by atoms with Gasteiger partial charge in [0.05, 0.1) is 6.04 Å². The average molecular weight is 126 g/mol. The van der Waals surface area contributed by atoms with E-state index in [9.17, 15) is 0 Å². The van der Waals surface area contributed by atoms with Crippen molar-refractivity contribution in [2.24, 2.45) is 11.0 Å². The van der Waals surface area contributed by atoms with Gasteiger partial charge in [0.25, 0.3) is 0 Å². The Hall–Kier alpha value is -0.530. The molecule has 2 unspecified atom stereocenters. The monoisotopic (exact) mass is 126 g/mol. The highest BCUT2D eigenvalue weighted by molar-refractivity contribution is 5.62. The lowest BCUT2D eigenvalue weighted by Gasteiger charge is -2.20. The van der Waals surface area contributed by atoms with E-state index in [0.29, 0.717) is 12.0 Å². The molecule has 1 aliphatic heterocycles. The Bertz CT molecular complexity index is 120. The standard InChI is InChI=1S/C7H14N2/c1-4-9-7(3)6(2)5-8-9/h5-7H,4H2,1-3H3. The Labute approximate surface area is 56.5 Å². The van der Waals surface area contributed by atoms with Gasteiger partial charge in [-0.2, -0.15) is 5.10 Å². The van der Waals surface area contributed by atoms with Gasteiger partial charge in [-0.25, -0.2) is 0 Å². The summed E-state index contributed by atoms with van der Waals surface area (Å²) in [5.41, 5.74) is 0. The molecule has 2 heteroatoms. The Balaban J connectivity index is 2.51. The van der Waals surface area contributed by atoms with Crippen LogP contribution in [0.4, 0.5) is 0 Å². The quantitative estimate of drug-likeness (QED) is 0.517. The summed E-state index contributed by atoms with van der Waals surface area (Å²) in [7, 11) is 0. The first-order chi connectivity index (χ1) is 4.25. The topological polar surface area (TPSA) is 15.6 Å². The molecule has 1 rings (SSSR count). The fraction of sp³-hybridized carbons (Fsp3) is 0.857. The van der Waals surface area contributed by atoms with Gasteiger partial charge < -0.3 is 0 Å². The van der Waals surface area contributed by atoms with Crippen LogP contribution in [0.15, 0.2) is 5.10 Å². The molecule has 0 N–H and O–H groups in total. The van der Waals surface area contributed by atoms with Crippen molar-refractivity contribution in [2.45, 2.75) is 26.8 Å². The molecule has 0 aromatic carbocycles. The van der Waals surface area contributed by atoms with E-state index in [0.717, 1.165) is 6.54 Å². The van der Waals surface area contributed by atoms with Crippen LogP contribution in [0.25, 0.3) is 0 Å². The van der Waals surface area contributed by atoms with Gasteiger partial charge in [-0.1, -0.05) is 6.92 Å². The highest BCUT2D eigenvalue weighted by Gasteiger charge is 2.20. The predicted octanol–water partition coefficient (Wildman–Crippen LogP) is 1.33. The lowest BCUT2D eigenvalue weighted by Crippen LogP contribution is -2.27. The summed E-state index contributed by atoms with van der Waals surface area (Å²) in [4.78, 5) is 0. The van der Waals surface area contributed by atoms with Crippen LogP contribution in [0.2, 0.25) is 0 Å². The maximum Gasteiger partial charge on any atom is 0.0517 e. The van der Waals surface area contributed by atoms with Crippen LogP contribution in [0, 0.1) is 5.92 Å².